The van der Waals surface area contributed by atoms with Crippen LogP contribution >= 0.6 is 0 Å². The van der Waals surface area contributed by atoms with Gasteiger partial charge in [0.2, 0.25) is 0 Å². The lowest BCUT2D eigenvalue weighted by molar-refractivity contribution is -0.156. The average Bonchev–Trinajstić information content (AvgIpc) is 2.48. The lowest BCUT2D eigenvalue weighted by Gasteiger charge is -2.41. The number of carbonyl (C=O) groups is 1. The van der Waals surface area contributed by atoms with Gasteiger partial charge in [-0.05, 0) is 45.1 Å². The molecule has 0 saturated carbocycles. The van der Waals surface area contributed by atoms with E-state index in [0.29, 0.717) is 25.9 Å². The first-order valence-corrected chi connectivity index (χ1v) is 9.53. The Bertz CT molecular complexity index is 376. The molecule has 0 aliphatic carbocycles. The van der Waals surface area contributed by atoms with Crippen LogP contribution in [0.4, 0.5) is 0 Å². The van der Waals surface area contributed by atoms with Crippen molar-refractivity contribution in [2.45, 2.75) is 99.1 Å². The summed E-state index contributed by atoms with van der Waals surface area (Å²) in [6.45, 7) is 19.0. The molecule has 4 nitrogen and oxygen atoms in total. The van der Waals surface area contributed by atoms with Gasteiger partial charge in [-0.3, -0.25) is 4.79 Å². The fraction of sp³-hybridized carbons (Fsp3) is 0.950. The molecule has 0 aliphatic heterocycles. The second-order valence-electron chi connectivity index (χ2n) is 9.17. The molecule has 0 saturated heterocycles. The Morgan fingerprint density at radius 3 is 2.12 bits per heavy atom. The third-order valence-electron chi connectivity index (χ3n) is 5.27. The van der Waals surface area contributed by atoms with Crippen LogP contribution in [0.5, 0.6) is 0 Å². The first-order valence-electron chi connectivity index (χ1n) is 9.53. The zero-order chi connectivity index (χ0) is 19.0. The van der Waals surface area contributed by atoms with Gasteiger partial charge in [-0.25, -0.2) is 0 Å². The molecule has 0 aromatic heterocycles. The summed E-state index contributed by atoms with van der Waals surface area (Å²) in [5, 5.41) is 3.58. The molecule has 4 heteroatoms. The maximum absolute atomic E-state index is 12.2. The van der Waals surface area contributed by atoms with Gasteiger partial charge in [0.1, 0.15) is 6.10 Å². The van der Waals surface area contributed by atoms with Gasteiger partial charge in [-0.1, -0.05) is 48.0 Å². The summed E-state index contributed by atoms with van der Waals surface area (Å²) in [5.74, 6) is -0.135. The van der Waals surface area contributed by atoms with Crippen molar-refractivity contribution >= 4 is 5.97 Å². The van der Waals surface area contributed by atoms with E-state index in [0.717, 1.165) is 19.3 Å². The quantitative estimate of drug-likeness (QED) is 0.520. The number of hydrogen-bond donors (Lipinski definition) is 2. The minimum absolute atomic E-state index is 0.0400. The van der Waals surface area contributed by atoms with E-state index in [2.05, 4.69) is 60.7 Å². The molecule has 1 atom stereocenters. The monoisotopic (exact) mass is 342 g/mol. The molecule has 1 unspecified atom stereocenters. The lowest BCUT2D eigenvalue weighted by Crippen LogP contribution is -2.49. The third kappa shape index (κ3) is 9.03. The van der Waals surface area contributed by atoms with Crippen molar-refractivity contribution in [2.24, 2.45) is 16.6 Å². The number of hydrogen-bond acceptors (Lipinski definition) is 4. The number of nitrogens with one attached hydrogen (secondary N) is 1. The van der Waals surface area contributed by atoms with Gasteiger partial charge in [0, 0.05) is 23.9 Å². The van der Waals surface area contributed by atoms with E-state index in [1.54, 1.807) is 0 Å². The standard InChI is InChI=1S/C20H42N2O2/c1-9-18(3,4)15-19(5,6)16(14-22-20(7,8)10-2)24-17(23)12-11-13-21/h16,22H,9-15,21H2,1-8H3. The predicted octanol–water partition coefficient (Wildman–Crippen LogP) is 4.27. The zero-order valence-electron chi connectivity index (χ0n) is 17.4. The van der Waals surface area contributed by atoms with Gasteiger partial charge in [-0.2, -0.15) is 0 Å². The van der Waals surface area contributed by atoms with E-state index in [9.17, 15) is 4.79 Å². The highest BCUT2D eigenvalue weighted by atomic mass is 16.5. The first-order chi connectivity index (χ1) is 10.9. The molecule has 3 N–H and O–H groups in total. The molecule has 0 bridgehead atoms. The Balaban J connectivity index is 5.10. The summed E-state index contributed by atoms with van der Waals surface area (Å²) in [6, 6.07) is 0. The highest BCUT2D eigenvalue weighted by Gasteiger charge is 2.37. The van der Waals surface area contributed by atoms with Crippen molar-refractivity contribution in [2.75, 3.05) is 13.1 Å². The Morgan fingerprint density at radius 2 is 1.67 bits per heavy atom. The molecule has 144 valence electrons. The maximum Gasteiger partial charge on any atom is 0.306 e. The van der Waals surface area contributed by atoms with Crippen LogP contribution in [0.2, 0.25) is 0 Å². The largest absolute Gasteiger partial charge is 0.460 e. The minimum Gasteiger partial charge on any atom is -0.460 e. The van der Waals surface area contributed by atoms with E-state index < -0.39 is 0 Å². The Labute approximate surface area is 150 Å². The van der Waals surface area contributed by atoms with E-state index in [4.69, 9.17) is 10.5 Å². The summed E-state index contributed by atoms with van der Waals surface area (Å²) in [4.78, 5) is 12.2. The lowest BCUT2D eigenvalue weighted by atomic mass is 9.70. The van der Waals surface area contributed by atoms with Crippen LogP contribution in [0.25, 0.3) is 0 Å². The molecular formula is C20H42N2O2. The second kappa shape index (κ2) is 9.76. The van der Waals surface area contributed by atoms with Crippen molar-refractivity contribution in [3.8, 4) is 0 Å². The fourth-order valence-corrected chi connectivity index (χ4v) is 2.91. The Hall–Kier alpha value is -0.610. The molecule has 24 heavy (non-hydrogen) atoms. The van der Waals surface area contributed by atoms with Gasteiger partial charge in [-0.15, -0.1) is 0 Å². The molecule has 0 rings (SSSR count). The van der Waals surface area contributed by atoms with Gasteiger partial charge < -0.3 is 15.8 Å². The van der Waals surface area contributed by atoms with E-state index in [-0.39, 0.29) is 28.4 Å². The van der Waals surface area contributed by atoms with Crippen LogP contribution in [-0.2, 0) is 9.53 Å². The van der Waals surface area contributed by atoms with E-state index in [1.807, 2.05) is 0 Å². The molecule has 0 fully saturated rings. The third-order valence-corrected chi connectivity index (χ3v) is 5.27. The number of nitrogens with two attached hydrogens (primary N) is 1. The van der Waals surface area contributed by atoms with Crippen LogP contribution < -0.4 is 11.1 Å². The number of esters is 1. The topological polar surface area (TPSA) is 64.3 Å². The Kier molecular flexibility index (Phi) is 9.52. The van der Waals surface area contributed by atoms with Gasteiger partial charge >= 0.3 is 5.97 Å². The molecule has 0 aromatic carbocycles. The van der Waals surface area contributed by atoms with Crippen molar-refractivity contribution < 1.29 is 9.53 Å². The van der Waals surface area contributed by atoms with Crippen molar-refractivity contribution in [3.63, 3.8) is 0 Å². The summed E-state index contributed by atoms with van der Waals surface area (Å²) >= 11 is 0. The first kappa shape index (κ1) is 23.4. The summed E-state index contributed by atoms with van der Waals surface area (Å²) in [5.41, 5.74) is 5.69. The number of rotatable bonds is 12. The molecule has 0 amide bonds. The molecule has 0 spiro atoms. The number of ether oxygens (including phenoxy) is 1. The van der Waals surface area contributed by atoms with Gasteiger partial charge in [0.15, 0.2) is 0 Å². The second-order valence-corrected chi connectivity index (χ2v) is 9.17. The molecule has 0 radical (unpaired) electrons. The smallest absolute Gasteiger partial charge is 0.306 e. The number of carbonyl (C=O) groups excluding carboxylic acids is 1. The summed E-state index contributed by atoms with van der Waals surface area (Å²) in [7, 11) is 0. The molecular weight excluding hydrogens is 300 g/mol. The van der Waals surface area contributed by atoms with Crippen LogP contribution in [0.15, 0.2) is 0 Å². The Morgan fingerprint density at radius 1 is 1.08 bits per heavy atom. The zero-order valence-corrected chi connectivity index (χ0v) is 17.4. The minimum atomic E-state index is -0.139. The van der Waals surface area contributed by atoms with Gasteiger partial charge in [0.05, 0.1) is 0 Å². The SMILES string of the molecule is CCC(C)(C)CC(C)(C)C(CNC(C)(C)CC)OC(=O)CCCN. The van der Waals surface area contributed by atoms with Crippen LogP contribution in [0.1, 0.15) is 87.5 Å². The molecule has 0 heterocycles. The highest BCUT2D eigenvalue weighted by molar-refractivity contribution is 5.69. The molecule has 0 aliphatic rings. The summed E-state index contributed by atoms with van der Waals surface area (Å²) < 4.78 is 5.89. The van der Waals surface area contributed by atoms with Crippen molar-refractivity contribution in [1.29, 1.82) is 0 Å². The normalized spacial score (nSPS) is 14.5. The summed E-state index contributed by atoms with van der Waals surface area (Å²) in [6.07, 6.45) is 4.09. The average molecular weight is 343 g/mol. The van der Waals surface area contributed by atoms with Crippen LogP contribution in [0, 0.1) is 10.8 Å². The van der Waals surface area contributed by atoms with E-state index >= 15 is 0 Å². The van der Waals surface area contributed by atoms with Crippen molar-refractivity contribution in [1.82, 2.24) is 5.32 Å². The van der Waals surface area contributed by atoms with Gasteiger partial charge in [0.25, 0.3) is 0 Å². The van der Waals surface area contributed by atoms with Crippen molar-refractivity contribution in [3.05, 3.63) is 0 Å². The maximum atomic E-state index is 12.2. The van der Waals surface area contributed by atoms with Crippen LogP contribution in [0.3, 0.4) is 0 Å². The highest BCUT2D eigenvalue weighted by Crippen LogP contribution is 2.39. The van der Waals surface area contributed by atoms with Crippen LogP contribution in [-0.4, -0.2) is 30.7 Å². The fourth-order valence-electron chi connectivity index (χ4n) is 2.91. The predicted molar refractivity (Wildman–Crippen MR) is 103 cm³/mol. The van der Waals surface area contributed by atoms with E-state index in [1.165, 1.54) is 0 Å². The molecule has 0 aromatic rings.